The van der Waals surface area contributed by atoms with Gasteiger partial charge < -0.3 is 10.5 Å². The lowest BCUT2D eigenvalue weighted by molar-refractivity contribution is -0.173. The van der Waals surface area contributed by atoms with Gasteiger partial charge in [-0.05, 0) is 0 Å². The Labute approximate surface area is 102 Å². The molecular formula is C10H15F3N2OS. The van der Waals surface area contributed by atoms with Crippen LogP contribution in [0.5, 0.6) is 0 Å². The predicted molar refractivity (Wildman–Crippen MR) is 60.2 cm³/mol. The zero-order chi connectivity index (χ0) is 12.9. The highest BCUT2D eigenvalue weighted by Crippen LogP contribution is 2.18. The van der Waals surface area contributed by atoms with E-state index in [0.717, 1.165) is 10.7 Å². The molecule has 1 aromatic rings. The SMILES string of the molecule is CC(CN)c1csc(CCOCC(F)(F)F)n1. The highest BCUT2D eigenvalue weighted by Gasteiger charge is 2.27. The smallest absolute Gasteiger partial charge is 0.372 e. The molecule has 0 aliphatic rings. The van der Waals surface area contributed by atoms with Crippen LogP contribution in [0.15, 0.2) is 5.38 Å². The number of nitrogens with zero attached hydrogens (tertiary/aromatic N) is 1. The molecule has 0 aliphatic heterocycles. The van der Waals surface area contributed by atoms with Gasteiger partial charge in [0.25, 0.3) is 0 Å². The number of rotatable bonds is 6. The maximum Gasteiger partial charge on any atom is 0.411 e. The molecule has 1 heterocycles. The van der Waals surface area contributed by atoms with Crippen molar-refractivity contribution >= 4 is 11.3 Å². The number of ether oxygens (including phenoxy) is 1. The summed E-state index contributed by atoms with van der Waals surface area (Å²) in [6, 6.07) is 0. The van der Waals surface area contributed by atoms with E-state index in [1.807, 2.05) is 12.3 Å². The van der Waals surface area contributed by atoms with E-state index < -0.39 is 12.8 Å². The number of nitrogens with two attached hydrogens (primary N) is 1. The van der Waals surface area contributed by atoms with Crippen LogP contribution in [0, 0.1) is 0 Å². The molecule has 0 saturated carbocycles. The molecule has 1 rings (SSSR count). The first-order chi connectivity index (χ1) is 7.92. The number of thiazole rings is 1. The van der Waals surface area contributed by atoms with Crippen LogP contribution in [0.3, 0.4) is 0 Å². The van der Waals surface area contributed by atoms with Crippen molar-refractivity contribution in [1.82, 2.24) is 4.98 Å². The summed E-state index contributed by atoms with van der Waals surface area (Å²) in [7, 11) is 0. The average Bonchev–Trinajstić information content (AvgIpc) is 2.70. The topological polar surface area (TPSA) is 48.1 Å². The fraction of sp³-hybridized carbons (Fsp3) is 0.700. The molecule has 0 radical (unpaired) electrons. The van der Waals surface area contributed by atoms with Crippen LogP contribution in [0.4, 0.5) is 13.2 Å². The first kappa shape index (κ1) is 14.4. The summed E-state index contributed by atoms with van der Waals surface area (Å²) < 4.78 is 39.9. The Hall–Kier alpha value is -0.660. The summed E-state index contributed by atoms with van der Waals surface area (Å²) in [4.78, 5) is 4.29. The summed E-state index contributed by atoms with van der Waals surface area (Å²) in [5.74, 6) is 0.177. The zero-order valence-corrected chi connectivity index (χ0v) is 10.3. The van der Waals surface area contributed by atoms with Crippen molar-refractivity contribution in [2.45, 2.75) is 25.4 Å². The van der Waals surface area contributed by atoms with E-state index in [4.69, 9.17) is 5.73 Å². The molecule has 2 N–H and O–H groups in total. The molecule has 0 amide bonds. The van der Waals surface area contributed by atoms with Gasteiger partial charge in [0, 0.05) is 24.3 Å². The van der Waals surface area contributed by atoms with Crippen molar-refractivity contribution in [2.75, 3.05) is 19.8 Å². The normalized spacial score (nSPS) is 13.9. The van der Waals surface area contributed by atoms with Crippen molar-refractivity contribution in [3.63, 3.8) is 0 Å². The van der Waals surface area contributed by atoms with Gasteiger partial charge in [0.2, 0.25) is 0 Å². The van der Waals surface area contributed by atoms with Crippen LogP contribution >= 0.6 is 11.3 Å². The quantitative estimate of drug-likeness (QED) is 0.805. The van der Waals surface area contributed by atoms with Crippen molar-refractivity contribution in [1.29, 1.82) is 0 Å². The van der Waals surface area contributed by atoms with Gasteiger partial charge in [-0.15, -0.1) is 11.3 Å². The van der Waals surface area contributed by atoms with E-state index in [9.17, 15) is 13.2 Å². The van der Waals surface area contributed by atoms with Gasteiger partial charge >= 0.3 is 6.18 Å². The third kappa shape index (κ3) is 5.47. The first-order valence-electron chi connectivity index (χ1n) is 5.21. The fourth-order valence-corrected chi connectivity index (χ4v) is 2.04. The molecule has 1 unspecified atom stereocenters. The largest absolute Gasteiger partial charge is 0.411 e. The number of hydrogen-bond acceptors (Lipinski definition) is 4. The summed E-state index contributed by atoms with van der Waals surface area (Å²) in [5.41, 5.74) is 6.39. The van der Waals surface area contributed by atoms with Gasteiger partial charge in [0.15, 0.2) is 0 Å². The van der Waals surface area contributed by atoms with Gasteiger partial charge in [-0.25, -0.2) is 4.98 Å². The molecule has 3 nitrogen and oxygen atoms in total. The second-order valence-electron chi connectivity index (χ2n) is 3.72. The minimum Gasteiger partial charge on any atom is -0.372 e. The summed E-state index contributed by atoms with van der Waals surface area (Å²) >= 11 is 1.42. The van der Waals surface area contributed by atoms with E-state index >= 15 is 0 Å². The highest BCUT2D eigenvalue weighted by molar-refractivity contribution is 7.09. The van der Waals surface area contributed by atoms with Gasteiger partial charge in [-0.1, -0.05) is 6.92 Å². The van der Waals surface area contributed by atoms with E-state index in [2.05, 4.69) is 9.72 Å². The monoisotopic (exact) mass is 268 g/mol. The third-order valence-corrected chi connectivity index (χ3v) is 3.08. The average molecular weight is 268 g/mol. The first-order valence-corrected chi connectivity index (χ1v) is 6.09. The van der Waals surface area contributed by atoms with E-state index in [-0.39, 0.29) is 12.5 Å². The Morgan fingerprint density at radius 1 is 1.53 bits per heavy atom. The lowest BCUT2D eigenvalue weighted by Crippen LogP contribution is -2.18. The summed E-state index contributed by atoms with van der Waals surface area (Å²) in [6.07, 6.45) is -3.86. The third-order valence-electron chi connectivity index (χ3n) is 2.15. The summed E-state index contributed by atoms with van der Waals surface area (Å²) in [6.45, 7) is 1.29. The minimum atomic E-state index is -4.26. The predicted octanol–water partition coefficient (Wildman–Crippen LogP) is 2.33. The number of alkyl halides is 3. The Morgan fingerprint density at radius 3 is 2.82 bits per heavy atom. The Bertz CT molecular complexity index is 341. The second kappa shape index (κ2) is 6.32. The molecule has 0 spiro atoms. The second-order valence-corrected chi connectivity index (χ2v) is 4.66. The number of aromatic nitrogens is 1. The van der Waals surface area contributed by atoms with Crippen LogP contribution < -0.4 is 5.73 Å². The maximum atomic E-state index is 11.8. The molecule has 0 saturated heterocycles. The van der Waals surface area contributed by atoms with Crippen LogP contribution in [0.1, 0.15) is 23.5 Å². The van der Waals surface area contributed by atoms with Crippen molar-refractivity contribution in [3.05, 3.63) is 16.1 Å². The molecule has 17 heavy (non-hydrogen) atoms. The standard InChI is InChI=1S/C10H15F3N2OS/c1-7(4-14)8-5-17-9(15-8)2-3-16-6-10(11,12)13/h5,7H,2-4,6,14H2,1H3. The van der Waals surface area contributed by atoms with Crippen LogP contribution in [-0.4, -0.2) is 30.9 Å². The molecule has 0 bridgehead atoms. The van der Waals surface area contributed by atoms with Crippen molar-refractivity contribution in [3.8, 4) is 0 Å². The Kier molecular flexibility index (Phi) is 5.35. The van der Waals surface area contributed by atoms with E-state index in [1.165, 1.54) is 11.3 Å². The molecule has 1 atom stereocenters. The highest BCUT2D eigenvalue weighted by atomic mass is 32.1. The van der Waals surface area contributed by atoms with Crippen molar-refractivity contribution in [2.24, 2.45) is 5.73 Å². The van der Waals surface area contributed by atoms with Crippen LogP contribution in [0.2, 0.25) is 0 Å². The maximum absolute atomic E-state index is 11.8. The Balaban J connectivity index is 2.30. The molecule has 0 aliphatic carbocycles. The van der Waals surface area contributed by atoms with Crippen molar-refractivity contribution < 1.29 is 17.9 Å². The fourth-order valence-electron chi connectivity index (χ4n) is 1.13. The lowest BCUT2D eigenvalue weighted by atomic mass is 10.1. The molecule has 0 aromatic carbocycles. The van der Waals surface area contributed by atoms with Crippen LogP contribution in [0.25, 0.3) is 0 Å². The number of hydrogen-bond donors (Lipinski definition) is 1. The van der Waals surface area contributed by atoms with Crippen LogP contribution in [-0.2, 0) is 11.2 Å². The molecule has 0 fully saturated rings. The zero-order valence-electron chi connectivity index (χ0n) is 9.46. The molecule has 1 aromatic heterocycles. The van der Waals surface area contributed by atoms with Gasteiger partial charge in [0.1, 0.15) is 6.61 Å². The molecular weight excluding hydrogens is 253 g/mol. The van der Waals surface area contributed by atoms with E-state index in [1.54, 1.807) is 0 Å². The lowest BCUT2D eigenvalue weighted by Gasteiger charge is -2.06. The molecule has 98 valence electrons. The van der Waals surface area contributed by atoms with Gasteiger partial charge in [0.05, 0.1) is 17.3 Å². The number of halogens is 3. The van der Waals surface area contributed by atoms with Gasteiger partial charge in [-0.3, -0.25) is 0 Å². The summed E-state index contributed by atoms with van der Waals surface area (Å²) in [5, 5.41) is 2.67. The molecule has 7 heteroatoms. The Morgan fingerprint density at radius 2 is 2.24 bits per heavy atom. The van der Waals surface area contributed by atoms with E-state index in [0.29, 0.717) is 13.0 Å². The van der Waals surface area contributed by atoms with Gasteiger partial charge in [-0.2, -0.15) is 13.2 Å². The minimum absolute atomic E-state index is 0.0312.